The van der Waals surface area contributed by atoms with Crippen LogP contribution in [0, 0.1) is 6.92 Å². The van der Waals surface area contributed by atoms with Gasteiger partial charge in [0.05, 0.1) is 0 Å². The summed E-state index contributed by atoms with van der Waals surface area (Å²) in [5.74, 6) is 1.28. The van der Waals surface area contributed by atoms with E-state index in [-0.39, 0.29) is 5.56 Å². The highest BCUT2D eigenvalue weighted by atomic mass is 16.1. The van der Waals surface area contributed by atoms with Crippen molar-refractivity contribution in [3.8, 4) is 0 Å². The van der Waals surface area contributed by atoms with Crippen LogP contribution in [-0.2, 0) is 13.0 Å². The Morgan fingerprint density at radius 2 is 2.28 bits per heavy atom. The first-order valence-electron chi connectivity index (χ1n) is 5.92. The average Bonchev–Trinajstić information content (AvgIpc) is 2.37. The summed E-state index contributed by atoms with van der Waals surface area (Å²) >= 11 is 0. The number of anilines is 1. The standard InChI is InChI=1S/C13H16N4O/c1-3-11-16-12(6-13(18)17-11)15-8-10-7-14-5-4-9(10)2/h4-7H,3,8H2,1-2H3,(H2,15,16,17,18). The molecule has 0 atom stereocenters. The predicted molar refractivity (Wildman–Crippen MR) is 70.5 cm³/mol. The lowest BCUT2D eigenvalue weighted by atomic mass is 10.1. The number of aromatic nitrogens is 3. The first-order valence-corrected chi connectivity index (χ1v) is 5.92. The normalized spacial score (nSPS) is 10.3. The van der Waals surface area contributed by atoms with Gasteiger partial charge in [0, 0.05) is 31.4 Å². The first kappa shape index (κ1) is 12.3. The second kappa shape index (κ2) is 5.44. The van der Waals surface area contributed by atoms with Crippen LogP contribution < -0.4 is 10.9 Å². The van der Waals surface area contributed by atoms with E-state index in [1.54, 1.807) is 6.20 Å². The number of pyridine rings is 1. The molecule has 2 heterocycles. The molecule has 2 rings (SSSR count). The zero-order valence-corrected chi connectivity index (χ0v) is 10.5. The molecule has 0 saturated heterocycles. The second-order valence-electron chi connectivity index (χ2n) is 4.09. The molecule has 18 heavy (non-hydrogen) atoms. The highest BCUT2D eigenvalue weighted by molar-refractivity contribution is 5.35. The Labute approximate surface area is 105 Å². The lowest BCUT2D eigenvalue weighted by Gasteiger charge is -2.08. The van der Waals surface area contributed by atoms with Gasteiger partial charge >= 0.3 is 0 Å². The molecular weight excluding hydrogens is 228 g/mol. The van der Waals surface area contributed by atoms with Gasteiger partial charge in [0.15, 0.2) is 0 Å². The largest absolute Gasteiger partial charge is 0.366 e. The van der Waals surface area contributed by atoms with Crippen molar-refractivity contribution >= 4 is 5.82 Å². The molecule has 0 unspecified atom stereocenters. The van der Waals surface area contributed by atoms with Crippen molar-refractivity contribution in [1.29, 1.82) is 0 Å². The average molecular weight is 244 g/mol. The van der Waals surface area contributed by atoms with E-state index in [2.05, 4.69) is 20.3 Å². The summed E-state index contributed by atoms with van der Waals surface area (Å²) in [5, 5.41) is 3.15. The smallest absolute Gasteiger partial charge is 0.252 e. The molecule has 0 radical (unpaired) electrons. The minimum atomic E-state index is -0.132. The van der Waals surface area contributed by atoms with Crippen molar-refractivity contribution in [3.05, 3.63) is 51.8 Å². The maximum absolute atomic E-state index is 11.4. The van der Waals surface area contributed by atoms with Gasteiger partial charge in [-0.2, -0.15) is 0 Å². The molecule has 2 aromatic heterocycles. The zero-order chi connectivity index (χ0) is 13.0. The molecule has 0 aliphatic rings. The molecule has 0 amide bonds. The van der Waals surface area contributed by atoms with E-state index in [1.165, 1.54) is 6.07 Å². The highest BCUT2D eigenvalue weighted by Gasteiger charge is 2.01. The molecule has 0 bridgehead atoms. The molecule has 0 aliphatic heterocycles. The van der Waals surface area contributed by atoms with E-state index >= 15 is 0 Å². The topological polar surface area (TPSA) is 70.7 Å². The fourth-order valence-electron chi connectivity index (χ4n) is 1.63. The fraction of sp³-hybridized carbons (Fsp3) is 0.308. The number of rotatable bonds is 4. The van der Waals surface area contributed by atoms with Crippen LogP contribution in [0.3, 0.4) is 0 Å². The summed E-state index contributed by atoms with van der Waals surface area (Å²) in [4.78, 5) is 22.5. The number of aromatic amines is 1. The van der Waals surface area contributed by atoms with Crippen molar-refractivity contribution < 1.29 is 0 Å². The van der Waals surface area contributed by atoms with E-state index in [4.69, 9.17) is 0 Å². The zero-order valence-electron chi connectivity index (χ0n) is 10.5. The molecule has 5 heteroatoms. The molecule has 0 saturated carbocycles. The van der Waals surface area contributed by atoms with Crippen molar-refractivity contribution in [2.75, 3.05) is 5.32 Å². The molecule has 2 aromatic rings. The molecular formula is C13H16N4O. The number of nitrogens with one attached hydrogen (secondary N) is 2. The minimum Gasteiger partial charge on any atom is -0.366 e. The third-order valence-corrected chi connectivity index (χ3v) is 2.73. The molecule has 94 valence electrons. The van der Waals surface area contributed by atoms with Gasteiger partial charge in [0.25, 0.3) is 5.56 Å². The highest BCUT2D eigenvalue weighted by Crippen LogP contribution is 2.08. The minimum absolute atomic E-state index is 0.132. The van der Waals surface area contributed by atoms with Gasteiger partial charge in [-0.25, -0.2) is 4.98 Å². The number of aryl methyl sites for hydroxylation is 2. The van der Waals surface area contributed by atoms with E-state index in [9.17, 15) is 4.79 Å². The maximum atomic E-state index is 11.4. The van der Waals surface area contributed by atoms with Crippen molar-refractivity contribution in [2.24, 2.45) is 0 Å². The molecule has 5 nitrogen and oxygen atoms in total. The van der Waals surface area contributed by atoms with Gasteiger partial charge in [0.2, 0.25) is 0 Å². The number of nitrogens with zero attached hydrogens (tertiary/aromatic N) is 2. The quantitative estimate of drug-likeness (QED) is 0.858. The lowest BCUT2D eigenvalue weighted by Crippen LogP contribution is -2.13. The predicted octanol–water partition coefficient (Wildman–Crippen LogP) is 1.65. The Kier molecular flexibility index (Phi) is 3.72. The van der Waals surface area contributed by atoms with Crippen LogP contribution in [-0.4, -0.2) is 15.0 Å². The summed E-state index contributed by atoms with van der Waals surface area (Å²) in [5.41, 5.74) is 2.13. The summed E-state index contributed by atoms with van der Waals surface area (Å²) in [7, 11) is 0. The molecule has 0 aromatic carbocycles. The molecule has 0 fully saturated rings. The van der Waals surface area contributed by atoms with Gasteiger partial charge in [0.1, 0.15) is 11.6 Å². The Hall–Kier alpha value is -2.17. The van der Waals surface area contributed by atoms with Gasteiger partial charge < -0.3 is 10.3 Å². The van der Waals surface area contributed by atoms with Gasteiger partial charge in [-0.1, -0.05) is 6.92 Å². The van der Waals surface area contributed by atoms with Crippen LogP contribution in [0.5, 0.6) is 0 Å². The fourth-order valence-corrected chi connectivity index (χ4v) is 1.63. The Morgan fingerprint density at radius 3 is 3.00 bits per heavy atom. The maximum Gasteiger partial charge on any atom is 0.252 e. The third kappa shape index (κ3) is 2.94. The Bertz CT molecular complexity index is 592. The lowest BCUT2D eigenvalue weighted by molar-refractivity contribution is 0.913. The summed E-state index contributed by atoms with van der Waals surface area (Å²) < 4.78 is 0. The number of hydrogen-bond donors (Lipinski definition) is 2. The van der Waals surface area contributed by atoms with E-state index in [0.717, 1.165) is 11.1 Å². The van der Waals surface area contributed by atoms with Crippen LogP contribution in [0.25, 0.3) is 0 Å². The Balaban J connectivity index is 2.13. The van der Waals surface area contributed by atoms with Crippen LogP contribution in [0.15, 0.2) is 29.3 Å². The van der Waals surface area contributed by atoms with E-state index < -0.39 is 0 Å². The van der Waals surface area contributed by atoms with Crippen LogP contribution in [0.1, 0.15) is 23.9 Å². The summed E-state index contributed by atoms with van der Waals surface area (Å²) in [6.45, 7) is 4.59. The first-order chi connectivity index (χ1) is 8.69. The van der Waals surface area contributed by atoms with Crippen molar-refractivity contribution in [2.45, 2.75) is 26.8 Å². The monoisotopic (exact) mass is 244 g/mol. The van der Waals surface area contributed by atoms with Crippen molar-refractivity contribution in [1.82, 2.24) is 15.0 Å². The van der Waals surface area contributed by atoms with E-state index in [0.29, 0.717) is 24.6 Å². The van der Waals surface area contributed by atoms with Crippen molar-refractivity contribution in [3.63, 3.8) is 0 Å². The third-order valence-electron chi connectivity index (χ3n) is 2.73. The van der Waals surface area contributed by atoms with Gasteiger partial charge in [-0.3, -0.25) is 9.78 Å². The van der Waals surface area contributed by atoms with E-state index in [1.807, 2.05) is 26.1 Å². The molecule has 0 spiro atoms. The van der Waals surface area contributed by atoms with Crippen LogP contribution >= 0.6 is 0 Å². The number of hydrogen-bond acceptors (Lipinski definition) is 4. The molecule has 2 N–H and O–H groups in total. The summed E-state index contributed by atoms with van der Waals surface area (Å²) in [6.07, 6.45) is 4.28. The van der Waals surface area contributed by atoms with Gasteiger partial charge in [-0.15, -0.1) is 0 Å². The second-order valence-corrected chi connectivity index (χ2v) is 4.09. The number of H-pyrrole nitrogens is 1. The molecule has 0 aliphatic carbocycles. The SMILES string of the molecule is CCc1nc(NCc2cnccc2C)cc(=O)[nH]1. The van der Waals surface area contributed by atoms with Crippen LogP contribution in [0.4, 0.5) is 5.82 Å². The van der Waals surface area contributed by atoms with Crippen LogP contribution in [0.2, 0.25) is 0 Å². The van der Waals surface area contributed by atoms with Gasteiger partial charge in [-0.05, 0) is 24.1 Å². The Morgan fingerprint density at radius 1 is 1.44 bits per heavy atom. The summed E-state index contributed by atoms with van der Waals surface area (Å²) in [6, 6.07) is 3.42.